The molecule has 2 aromatic rings. The molecule has 5 heteroatoms. The lowest BCUT2D eigenvalue weighted by molar-refractivity contribution is 0.509. The molecule has 0 aromatic carbocycles. The molecule has 1 unspecified atom stereocenters. The third-order valence-corrected chi connectivity index (χ3v) is 3.39. The molecule has 2 rings (SSSR count). The predicted octanol–water partition coefficient (Wildman–Crippen LogP) is 2.91. The largest absolute Gasteiger partial charge is 0.312 e. The van der Waals surface area contributed by atoms with E-state index in [1.807, 2.05) is 12.6 Å². The number of hydrogen-bond donors (Lipinski definition) is 0. The Morgan fingerprint density at radius 1 is 1.38 bits per heavy atom. The maximum Gasteiger partial charge on any atom is 0.164 e. The predicted molar refractivity (Wildman–Crippen MR) is 66.7 cm³/mol. The number of imidazole rings is 1. The fourth-order valence-corrected chi connectivity index (χ4v) is 2.35. The molecule has 0 aliphatic heterocycles. The maximum absolute atomic E-state index is 4.41. The molecule has 4 nitrogen and oxygen atoms in total. The van der Waals surface area contributed by atoms with Crippen LogP contribution in [0.3, 0.4) is 0 Å². The van der Waals surface area contributed by atoms with Gasteiger partial charge in [0.15, 0.2) is 5.65 Å². The van der Waals surface area contributed by atoms with Gasteiger partial charge in [0.1, 0.15) is 16.9 Å². The van der Waals surface area contributed by atoms with Gasteiger partial charge in [-0.05, 0) is 19.6 Å². The highest BCUT2D eigenvalue weighted by Crippen LogP contribution is 2.24. The smallest absolute Gasteiger partial charge is 0.164 e. The first kappa shape index (κ1) is 11.4. The topological polar surface area (TPSA) is 43.6 Å². The van der Waals surface area contributed by atoms with Crippen LogP contribution in [0.4, 0.5) is 0 Å². The SMILES string of the molecule is CCCC(C)n1cnc2c(SC)ncnc21. The third kappa shape index (κ3) is 1.91. The molecule has 0 amide bonds. The number of rotatable bonds is 4. The van der Waals surface area contributed by atoms with Crippen LogP contribution in [-0.4, -0.2) is 25.8 Å². The summed E-state index contributed by atoms with van der Waals surface area (Å²) in [6.45, 7) is 4.39. The summed E-state index contributed by atoms with van der Waals surface area (Å²) in [5.41, 5.74) is 1.86. The molecular formula is C11H16N4S. The average molecular weight is 236 g/mol. The molecule has 0 aliphatic rings. The summed E-state index contributed by atoms with van der Waals surface area (Å²) >= 11 is 1.61. The normalized spacial score (nSPS) is 13.2. The first-order chi connectivity index (χ1) is 7.77. The van der Waals surface area contributed by atoms with Gasteiger partial charge in [0.25, 0.3) is 0 Å². The van der Waals surface area contributed by atoms with Crippen LogP contribution < -0.4 is 0 Å². The Labute approximate surface area is 99.5 Å². The van der Waals surface area contributed by atoms with E-state index in [2.05, 4.69) is 33.4 Å². The summed E-state index contributed by atoms with van der Waals surface area (Å²) < 4.78 is 2.14. The van der Waals surface area contributed by atoms with Crippen LogP contribution in [0.5, 0.6) is 0 Å². The minimum Gasteiger partial charge on any atom is -0.312 e. The quantitative estimate of drug-likeness (QED) is 0.604. The third-order valence-electron chi connectivity index (χ3n) is 2.70. The highest BCUT2D eigenvalue weighted by atomic mass is 32.2. The molecule has 1 atom stereocenters. The van der Waals surface area contributed by atoms with E-state index in [1.54, 1.807) is 18.1 Å². The Balaban J connectivity index is 2.48. The number of aromatic nitrogens is 4. The molecule has 2 heterocycles. The lowest BCUT2D eigenvalue weighted by Gasteiger charge is -2.12. The lowest BCUT2D eigenvalue weighted by atomic mass is 10.2. The van der Waals surface area contributed by atoms with Crippen LogP contribution in [-0.2, 0) is 0 Å². The maximum atomic E-state index is 4.41. The molecule has 2 aromatic heterocycles. The summed E-state index contributed by atoms with van der Waals surface area (Å²) in [7, 11) is 0. The molecule has 0 aliphatic carbocycles. The number of hydrogen-bond acceptors (Lipinski definition) is 4. The van der Waals surface area contributed by atoms with E-state index in [-0.39, 0.29) is 0 Å². The first-order valence-corrected chi connectivity index (χ1v) is 6.72. The fourth-order valence-electron chi connectivity index (χ4n) is 1.86. The van der Waals surface area contributed by atoms with Crippen molar-refractivity contribution >= 4 is 22.9 Å². The van der Waals surface area contributed by atoms with Crippen molar-refractivity contribution in [2.24, 2.45) is 0 Å². The van der Waals surface area contributed by atoms with Crippen molar-refractivity contribution in [2.75, 3.05) is 6.26 Å². The Hall–Kier alpha value is -1.10. The highest BCUT2D eigenvalue weighted by molar-refractivity contribution is 7.98. The molecule has 0 radical (unpaired) electrons. The molecule has 0 saturated heterocycles. The van der Waals surface area contributed by atoms with Crippen LogP contribution in [0.1, 0.15) is 32.7 Å². The molecule has 0 saturated carbocycles. The Kier molecular flexibility index (Phi) is 3.43. The van der Waals surface area contributed by atoms with Gasteiger partial charge in [0.2, 0.25) is 0 Å². The second kappa shape index (κ2) is 4.82. The van der Waals surface area contributed by atoms with Crippen molar-refractivity contribution in [3.8, 4) is 0 Å². The van der Waals surface area contributed by atoms with Crippen LogP contribution in [0, 0.1) is 0 Å². The Bertz CT molecular complexity index is 480. The number of thioether (sulfide) groups is 1. The Morgan fingerprint density at radius 2 is 2.19 bits per heavy atom. The van der Waals surface area contributed by atoms with Gasteiger partial charge in [0, 0.05) is 6.04 Å². The van der Waals surface area contributed by atoms with Gasteiger partial charge in [-0.25, -0.2) is 15.0 Å². The molecule has 0 fully saturated rings. The van der Waals surface area contributed by atoms with Gasteiger partial charge in [-0.1, -0.05) is 13.3 Å². The summed E-state index contributed by atoms with van der Waals surface area (Å²) in [5.74, 6) is 0. The summed E-state index contributed by atoms with van der Waals surface area (Å²) in [6.07, 6.45) is 7.81. The summed E-state index contributed by atoms with van der Waals surface area (Å²) in [5, 5.41) is 0.951. The van der Waals surface area contributed by atoms with Gasteiger partial charge in [-0.15, -0.1) is 11.8 Å². The van der Waals surface area contributed by atoms with E-state index in [9.17, 15) is 0 Å². The Morgan fingerprint density at radius 3 is 2.88 bits per heavy atom. The second-order valence-corrected chi connectivity index (χ2v) is 4.64. The van der Waals surface area contributed by atoms with Crippen molar-refractivity contribution in [3.63, 3.8) is 0 Å². The van der Waals surface area contributed by atoms with Crippen LogP contribution in [0.25, 0.3) is 11.2 Å². The van der Waals surface area contributed by atoms with Gasteiger partial charge >= 0.3 is 0 Å². The molecule has 0 N–H and O–H groups in total. The first-order valence-electron chi connectivity index (χ1n) is 5.49. The highest BCUT2D eigenvalue weighted by Gasteiger charge is 2.12. The van der Waals surface area contributed by atoms with Gasteiger partial charge < -0.3 is 4.57 Å². The second-order valence-electron chi connectivity index (χ2n) is 3.84. The monoisotopic (exact) mass is 236 g/mol. The van der Waals surface area contributed by atoms with Gasteiger partial charge in [0.05, 0.1) is 6.33 Å². The van der Waals surface area contributed by atoms with E-state index in [0.29, 0.717) is 6.04 Å². The standard InChI is InChI=1S/C11H16N4S/c1-4-5-8(2)15-7-14-9-10(15)12-6-13-11(9)16-3/h6-8H,4-5H2,1-3H3. The molecule has 16 heavy (non-hydrogen) atoms. The van der Waals surface area contributed by atoms with E-state index in [0.717, 1.165) is 22.6 Å². The zero-order chi connectivity index (χ0) is 11.5. The minimum atomic E-state index is 0.444. The van der Waals surface area contributed by atoms with Crippen molar-refractivity contribution < 1.29 is 0 Å². The van der Waals surface area contributed by atoms with E-state index in [1.165, 1.54) is 6.42 Å². The van der Waals surface area contributed by atoms with Gasteiger partial charge in [-0.3, -0.25) is 0 Å². The number of fused-ring (bicyclic) bond motifs is 1. The zero-order valence-electron chi connectivity index (χ0n) is 9.84. The summed E-state index contributed by atoms with van der Waals surface area (Å²) in [6, 6.07) is 0.444. The van der Waals surface area contributed by atoms with Crippen LogP contribution in [0.2, 0.25) is 0 Å². The lowest BCUT2D eigenvalue weighted by Crippen LogP contribution is -2.04. The molecule has 0 spiro atoms. The summed E-state index contributed by atoms with van der Waals surface area (Å²) in [4.78, 5) is 13.0. The van der Waals surface area contributed by atoms with Crippen molar-refractivity contribution in [1.82, 2.24) is 19.5 Å². The van der Waals surface area contributed by atoms with E-state index < -0.39 is 0 Å². The van der Waals surface area contributed by atoms with Crippen molar-refractivity contribution in [2.45, 2.75) is 37.8 Å². The van der Waals surface area contributed by atoms with E-state index >= 15 is 0 Å². The van der Waals surface area contributed by atoms with Gasteiger partial charge in [-0.2, -0.15) is 0 Å². The fraction of sp³-hybridized carbons (Fsp3) is 0.545. The zero-order valence-corrected chi connectivity index (χ0v) is 10.7. The molecule has 0 bridgehead atoms. The van der Waals surface area contributed by atoms with Crippen molar-refractivity contribution in [1.29, 1.82) is 0 Å². The average Bonchev–Trinajstić information content (AvgIpc) is 2.72. The van der Waals surface area contributed by atoms with Crippen molar-refractivity contribution in [3.05, 3.63) is 12.7 Å². The molecular weight excluding hydrogens is 220 g/mol. The van der Waals surface area contributed by atoms with E-state index in [4.69, 9.17) is 0 Å². The minimum absolute atomic E-state index is 0.444. The van der Waals surface area contributed by atoms with Crippen LogP contribution >= 0.6 is 11.8 Å². The number of nitrogens with zero attached hydrogens (tertiary/aromatic N) is 4. The molecule has 86 valence electrons. The van der Waals surface area contributed by atoms with Crippen LogP contribution in [0.15, 0.2) is 17.7 Å².